The fourth-order valence-corrected chi connectivity index (χ4v) is 3.04. The Labute approximate surface area is 75.9 Å². The highest BCUT2D eigenvalue weighted by Gasteiger charge is 2.57. The molecule has 3 unspecified atom stereocenters. The molecule has 0 amide bonds. The lowest BCUT2D eigenvalue weighted by molar-refractivity contribution is 0.152. The molecule has 1 N–H and O–H groups in total. The highest BCUT2D eigenvalue weighted by molar-refractivity contribution is 5.15. The maximum Gasteiger partial charge on any atom is 0.0225 e. The van der Waals surface area contributed by atoms with Crippen molar-refractivity contribution < 1.29 is 0 Å². The van der Waals surface area contributed by atoms with Gasteiger partial charge in [0.05, 0.1) is 0 Å². The Hall–Kier alpha value is -0.0400. The monoisotopic (exact) mass is 167 g/mol. The molecule has 0 aromatic carbocycles. The van der Waals surface area contributed by atoms with Gasteiger partial charge in [-0.15, -0.1) is 0 Å². The summed E-state index contributed by atoms with van der Waals surface area (Å²) >= 11 is 0. The summed E-state index contributed by atoms with van der Waals surface area (Å²) in [5.74, 6) is 2.63. The number of rotatable bonds is 2. The molecule has 2 bridgehead atoms. The van der Waals surface area contributed by atoms with E-state index in [1.165, 1.54) is 12.8 Å². The van der Waals surface area contributed by atoms with Gasteiger partial charge >= 0.3 is 0 Å². The number of hydrogen-bond donors (Lipinski definition) is 1. The van der Waals surface area contributed by atoms with Crippen molar-refractivity contribution in [1.82, 2.24) is 5.32 Å². The van der Waals surface area contributed by atoms with Gasteiger partial charge in [0.1, 0.15) is 0 Å². The summed E-state index contributed by atoms with van der Waals surface area (Å²) in [5, 5.41) is 3.76. The highest BCUT2D eigenvalue weighted by Crippen LogP contribution is 2.51. The van der Waals surface area contributed by atoms with Crippen LogP contribution in [0.3, 0.4) is 0 Å². The minimum atomic E-state index is 0.541. The molecular formula is C11H21N. The first kappa shape index (κ1) is 8.55. The quantitative estimate of drug-likeness (QED) is 0.666. The minimum absolute atomic E-state index is 0.541. The second-order valence-corrected chi connectivity index (χ2v) is 5.38. The van der Waals surface area contributed by atoms with E-state index >= 15 is 0 Å². The molecule has 3 atom stereocenters. The zero-order valence-corrected chi connectivity index (χ0v) is 8.72. The third-order valence-corrected chi connectivity index (χ3v) is 4.14. The van der Waals surface area contributed by atoms with Crippen molar-refractivity contribution >= 4 is 0 Å². The van der Waals surface area contributed by atoms with Gasteiger partial charge in [-0.1, -0.05) is 27.7 Å². The van der Waals surface area contributed by atoms with Crippen molar-refractivity contribution in [3.63, 3.8) is 0 Å². The van der Waals surface area contributed by atoms with Crippen molar-refractivity contribution in [1.29, 1.82) is 0 Å². The summed E-state index contributed by atoms with van der Waals surface area (Å²) in [7, 11) is 0. The van der Waals surface area contributed by atoms with Crippen LogP contribution in [0.25, 0.3) is 0 Å². The van der Waals surface area contributed by atoms with E-state index in [4.69, 9.17) is 0 Å². The van der Waals surface area contributed by atoms with Crippen LogP contribution in [0.2, 0.25) is 0 Å². The first-order valence-electron chi connectivity index (χ1n) is 5.33. The van der Waals surface area contributed by atoms with Crippen molar-refractivity contribution in [2.75, 3.05) is 0 Å². The van der Waals surface area contributed by atoms with E-state index in [1.807, 2.05) is 0 Å². The van der Waals surface area contributed by atoms with Gasteiger partial charge in [0.25, 0.3) is 0 Å². The van der Waals surface area contributed by atoms with Gasteiger partial charge < -0.3 is 5.32 Å². The fourth-order valence-electron chi connectivity index (χ4n) is 3.04. The Morgan fingerprint density at radius 1 is 1.17 bits per heavy atom. The molecule has 3 aliphatic rings. The first-order valence-corrected chi connectivity index (χ1v) is 5.33. The Balaban J connectivity index is 2.05. The molecule has 3 rings (SSSR count). The van der Waals surface area contributed by atoms with Crippen molar-refractivity contribution in [3.05, 3.63) is 0 Å². The van der Waals surface area contributed by atoms with Crippen molar-refractivity contribution in [2.24, 2.45) is 17.8 Å². The zero-order valence-electron chi connectivity index (χ0n) is 8.72. The van der Waals surface area contributed by atoms with E-state index in [2.05, 4.69) is 33.0 Å². The lowest BCUT2D eigenvalue weighted by atomic mass is 9.80. The maximum atomic E-state index is 3.76. The Kier molecular flexibility index (Phi) is 1.76. The number of nitrogens with one attached hydrogen (secondary N) is 1. The van der Waals surface area contributed by atoms with Crippen molar-refractivity contribution in [2.45, 2.75) is 52.1 Å². The molecule has 2 heterocycles. The van der Waals surface area contributed by atoms with Gasteiger partial charge in [0, 0.05) is 11.6 Å². The average molecular weight is 167 g/mol. The van der Waals surface area contributed by atoms with Gasteiger partial charge in [-0.25, -0.2) is 0 Å². The van der Waals surface area contributed by atoms with Crippen LogP contribution in [0.1, 0.15) is 40.5 Å². The summed E-state index contributed by atoms with van der Waals surface area (Å²) in [6.45, 7) is 9.43. The molecule has 2 saturated heterocycles. The largest absolute Gasteiger partial charge is 0.308 e. The molecule has 0 spiro atoms. The molecule has 12 heavy (non-hydrogen) atoms. The summed E-state index contributed by atoms with van der Waals surface area (Å²) < 4.78 is 0. The van der Waals surface area contributed by atoms with E-state index in [1.54, 1.807) is 0 Å². The molecule has 1 saturated carbocycles. The predicted octanol–water partition coefficient (Wildman–Crippen LogP) is 2.42. The van der Waals surface area contributed by atoms with Gasteiger partial charge in [-0.3, -0.25) is 0 Å². The smallest absolute Gasteiger partial charge is 0.0225 e. The Bertz CT molecular complexity index is 177. The van der Waals surface area contributed by atoms with Crippen molar-refractivity contribution in [3.8, 4) is 0 Å². The van der Waals surface area contributed by atoms with Crippen LogP contribution in [0, 0.1) is 17.8 Å². The summed E-state index contributed by atoms with van der Waals surface area (Å²) in [5.41, 5.74) is 0.541. The summed E-state index contributed by atoms with van der Waals surface area (Å²) in [6.07, 6.45) is 2.86. The van der Waals surface area contributed by atoms with Gasteiger partial charge in [0.15, 0.2) is 0 Å². The molecular weight excluding hydrogens is 146 g/mol. The molecule has 0 aromatic rings. The van der Waals surface area contributed by atoms with Crippen LogP contribution >= 0.6 is 0 Å². The topological polar surface area (TPSA) is 12.0 Å². The second-order valence-electron chi connectivity index (χ2n) is 5.38. The van der Waals surface area contributed by atoms with E-state index in [0.29, 0.717) is 5.54 Å². The Morgan fingerprint density at radius 3 is 2.00 bits per heavy atom. The third-order valence-electron chi connectivity index (χ3n) is 4.14. The normalized spacial score (nSPS) is 45.5. The summed E-state index contributed by atoms with van der Waals surface area (Å²) in [4.78, 5) is 0. The van der Waals surface area contributed by atoms with Crippen LogP contribution in [-0.2, 0) is 0 Å². The predicted molar refractivity (Wildman–Crippen MR) is 52.1 cm³/mol. The molecule has 1 aliphatic carbocycles. The molecule has 0 aromatic heterocycles. The third kappa shape index (κ3) is 0.953. The second kappa shape index (κ2) is 2.47. The first-order chi connectivity index (χ1) is 5.55. The van der Waals surface area contributed by atoms with Crippen LogP contribution in [-0.4, -0.2) is 11.6 Å². The van der Waals surface area contributed by atoms with Gasteiger partial charge in [-0.05, 0) is 30.6 Å². The highest BCUT2D eigenvalue weighted by atomic mass is 15.1. The lowest BCUT2D eigenvalue weighted by Gasteiger charge is -2.44. The molecule has 0 radical (unpaired) electrons. The van der Waals surface area contributed by atoms with Gasteiger partial charge in [-0.2, -0.15) is 0 Å². The van der Waals surface area contributed by atoms with E-state index in [0.717, 1.165) is 23.8 Å². The maximum absolute atomic E-state index is 3.76. The summed E-state index contributed by atoms with van der Waals surface area (Å²) in [6, 6.07) is 0.854. The fraction of sp³-hybridized carbons (Fsp3) is 1.00. The number of fused-ring (bicyclic) bond motifs is 1. The Morgan fingerprint density at radius 2 is 1.75 bits per heavy atom. The van der Waals surface area contributed by atoms with Gasteiger partial charge in [0.2, 0.25) is 0 Å². The van der Waals surface area contributed by atoms with Crippen LogP contribution in [0.4, 0.5) is 0 Å². The standard InChI is InChI=1S/C11H21N/c1-7(2)9-5-11(8(3)4)6-10(9)12-11/h7-10,12H,5-6H2,1-4H3. The molecule has 70 valence electrons. The van der Waals surface area contributed by atoms with Crippen LogP contribution in [0.15, 0.2) is 0 Å². The molecule has 1 nitrogen and oxygen atoms in total. The van der Waals surface area contributed by atoms with Crippen LogP contribution < -0.4 is 5.32 Å². The SMILES string of the molecule is CC(C)C1CC2(C(C)C)CC1N2. The van der Waals surface area contributed by atoms with E-state index in [-0.39, 0.29) is 0 Å². The molecule has 2 aliphatic heterocycles. The van der Waals surface area contributed by atoms with E-state index in [9.17, 15) is 0 Å². The number of hydrogen-bond acceptors (Lipinski definition) is 1. The average Bonchev–Trinajstić information content (AvgIpc) is 2.36. The molecule has 1 heteroatoms. The lowest BCUT2D eigenvalue weighted by Crippen LogP contribution is -2.59. The minimum Gasteiger partial charge on any atom is -0.308 e. The van der Waals surface area contributed by atoms with E-state index < -0.39 is 0 Å². The molecule has 3 fully saturated rings. The van der Waals surface area contributed by atoms with Crippen LogP contribution in [0.5, 0.6) is 0 Å². The zero-order chi connectivity index (χ0) is 8.93.